The van der Waals surface area contributed by atoms with Crippen LogP contribution in [0.15, 0.2) is 72.6 Å². The van der Waals surface area contributed by atoms with Crippen molar-refractivity contribution in [3.8, 4) is 5.75 Å². The van der Waals surface area contributed by atoms with E-state index in [1.54, 1.807) is 30.6 Å². The Balaban J connectivity index is 1.80. The van der Waals surface area contributed by atoms with Crippen molar-refractivity contribution in [1.82, 2.24) is 9.88 Å². The molecule has 1 aromatic heterocycles. The van der Waals surface area contributed by atoms with Gasteiger partial charge < -0.3 is 19.6 Å². The van der Waals surface area contributed by atoms with E-state index in [9.17, 15) is 14.7 Å². The van der Waals surface area contributed by atoms with Crippen LogP contribution in [0.25, 0.3) is 5.76 Å². The van der Waals surface area contributed by atoms with Crippen molar-refractivity contribution >= 4 is 23.1 Å². The molecule has 7 nitrogen and oxygen atoms in total. The minimum Gasteiger partial charge on any atom is -0.507 e. The van der Waals surface area contributed by atoms with E-state index in [2.05, 4.69) is 23.7 Å². The molecule has 0 radical (unpaired) electrons. The third-order valence-electron chi connectivity index (χ3n) is 6.89. The number of rotatable bonds is 10. The van der Waals surface area contributed by atoms with Crippen molar-refractivity contribution in [3.05, 3.63) is 94.8 Å². The summed E-state index contributed by atoms with van der Waals surface area (Å²) in [5.41, 5.74) is 4.06. The van der Waals surface area contributed by atoms with Crippen LogP contribution < -0.4 is 9.64 Å². The molecule has 1 aliphatic heterocycles. The highest BCUT2D eigenvalue weighted by Gasteiger charge is 2.46. The lowest BCUT2D eigenvalue weighted by molar-refractivity contribution is -0.140. The number of benzene rings is 2. The number of Topliss-reactive ketones (excluding diaryl/α,β-unsaturated/α-hetero) is 1. The first-order chi connectivity index (χ1) is 18.4. The molecule has 3 aromatic rings. The number of anilines is 1. The number of ether oxygens (including phenoxy) is 1. The number of pyridine rings is 1. The lowest BCUT2D eigenvalue weighted by atomic mass is 9.94. The van der Waals surface area contributed by atoms with Crippen LogP contribution in [0.4, 0.5) is 5.69 Å². The first-order valence-electron chi connectivity index (χ1n) is 13.2. The molecule has 198 valence electrons. The van der Waals surface area contributed by atoms with E-state index in [0.29, 0.717) is 12.2 Å². The number of aromatic nitrogens is 1. The number of aliphatic hydroxyl groups excluding tert-OH is 1. The summed E-state index contributed by atoms with van der Waals surface area (Å²) in [5.74, 6) is -0.798. The largest absolute Gasteiger partial charge is 0.507 e. The van der Waals surface area contributed by atoms with Crippen LogP contribution in [0.2, 0.25) is 0 Å². The number of aliphatic hydroxyl groups is 1. The fourth-order valence-electron chi connectivity index (χ4n) is 4.86. The Morgan fingerprint density at radius 1 is 1.00 bits per heavy atom. The zero-order valence-corrected chi connectivity index (χ0v) is 22.5. The molecule has 1 aliphatic rings. The molecule has 2 heterocycles. The van der Waals surface area contributed by atoms with E-state index in [4.69, 9.17) is 4.74 Å². The highest BCUT2D eigenvalue weighted by atomic mass is 16.5. The van der Waals surface area contributed by atoms with Crippen molar-refractivity contribution in [2.75, 3.05) is 24.6 Å². The quantitative estimate of drug-likeness (QED) is 0.214. The summed E-state index contributed by atoms with van der Waals surface area (Å²) in [4.78, 5) is 34.6. The average molecular weight is 514 g/mol. The number of ketones is 1. The smallest absolute Gasteiger partial charge is 0.295 e. The minimum atomic E-state index is -0.731. The third kappa shape index (κ3) is 5.42. The Labute approximate surface area is 224 Å². The standard InChI is InChI=1S/C31H35N3O4/c1-5-18-38-26-13-10-24(19-21(26)4)29(35)27-28(23-8-11-25(12-9-23)33(6-2)7-3)34(31(37)30(27)36)20-22-14-16-32-17-15-22/h8-17,19,28,35H,5-7,18,20H2,1-4H3/b29-27-. The molecule has 0 aliphatic carbocycles. The second kappa shape index (κ2) is 11.9. The van der Waals surface area contributed by atoms with Crippen molar-refractivity contribution < 1.29 is 19.4 Å². The van der Waals surface area contributed by atoms with Gasteiger partial charge >= 0.3 is 0 Å². The molecule has 1 fully saturated rings. The van der Waals surface area contributed by atoms with Gasteiger partial charge in [-0.1, -0.05) is 19.1 Å². The van der Waals surface area contributed by atoms with Crippen LogP contribution >= 0.6 is 0 Å². The van der Waals surface area contributed by atoms with Gasteiger partial charge in [0.2, 0.25) is 0 Å². The SMILES string of the molecule is CCCOc1ccc(/C(O)=C2/C(=O)C(=O)N(Cc3ccncc3)C2c2ccc(N(CC)CC)cc2)cc1C. The summed E-state index contributed by atoms with van der Waals surface area (Å²) in [6.45, 7) is 10.7. The maximum Gasteiger partial charge on any atom is 0.295 e. The fraction of sp³-hybridized carbons (Fsp3) is 0.323. The molecule has 2 aromatic carbocycles. The number of hydrogen-bond donors (Lipinski definition) is 1. The van der Waals surface area contributed by atoms with E-state index in [0.717, 1.165) is 47.6 Å². The number of likely N-dealkylation sites (tertiary alicyclic amines) is 1. The Hall–Kier alpha value is -4.13. The Morgan fingerprint density at radius 2 is 1.68 bits per heavy atom. The van der Waals surface area contributed by atoms with Gasteiger partial charge in [0.05, 0.1) is 18.2 Å². The molecule has 0 saturated carbocycles. The molecule has 1 atom stereocenters. The van der Waals surface area contributed by atoms with Crippen LogP contribution in [0.5, 0.6) is 5.75 Å². The molecule has 1 unspecified atom stereocenters. The monoisotopic (exact) mass is 513 g/mol. The zero-order chi connectivity index (χ0) is 27.2. The Bertz CT molecular complexity index is 1310. The Morgan fingerprint density at radius 3 is 2.29 bits per heavy atom. The normalized spacial score (nSPS) is 16.6. The van der Waals surface area contributed by atoms with E-state index < -0.39 is 17.7 Å². The van der Waals surface area contributed by atoms with E-state index in [-0.39, 0.29) is 17.9 Å². The average Bonchev–Trinajstić information content (AvgIpc) is 3.18. The highest BCUT2D eigenvalue weighted by molar-refractivity contribution is 6.46. The topological polar surface area (TPSA) is 83.0 Å². The molecule has 1 saturated heterocycles. The zero-order valence-electron chi connectivity index (χ0n) is 22.5. The van der Waals surface area contributed by atoms with Crippen molar-refractivity contribution in [3.63, 3.8) is 0 Å². The van der Waals surface area contributed by atoms with Crippen LogP contribution in [-0.2, 0) is 16.1 Å². The maximum atomic E-state index is 13.4. The summed E-state index contributed by atoms with van der Waals surface area (Å²) in [6, 6.07) is 16.1. The number of amides is 1. The van der Waals surface area contributed by atoms with Gasteiger partial charge in [-0.15, -0.1) is 0 Å². The summed E-state index contributed by atoms with van der Waals surface area (Å²) in [7, 11) is 0. The van der Waals surface area contributed by atoms with Gasteiger partial charge in [0.15, 0.2) is 0 Å². The van der Waals surface area contributed by atoms with E-state index in [1.165, 1.54) is 4.90 Å². The summed E-state index contributed by atoms with van der Waals surface area (Å²) < 4.78 is 5.77. The highest BCUT2D eigenvalue weighted by Crippen LogP contribution is 2.41. The molecule has 38 heavy (non-hydrogen) atoms. The van der Waals surface area contributed by atoms with Crippen LogP contribution in [0.3, 0.4) is 0 Å². The second-order valence-electron chi connectivity index (χ2n) is 9.38. The summed E-state index contributed by atoms with van der Waals surface area (Å²) in [6.07, 6.45) is 4.20. The number of carbonyl (C=O) groups excluding carboxylic acids is 2. The molecule has 1 amide bonds. The number of carbonyl (C=O) groups is 2. The van der Waals surface area contributed by atoms with E-state index in [1.807, 2.05) is 50.2 Å². The Kier molecular flexibility index (Phi) is 8.46. The molecule has 0 bridgehead atoms. The van der Waals surface area contributed by atoms with Crippen molar-refractivity contribution in [2.45, 2.75) is 46.7 Å². The van der Waals surface area contributed by atoms with Gasteiger partial charge in [0, 0.05) is 43.3 Å². The van der Waals surface area contributed by atoms with Crippen LogP contribution in [0, 0.1) is 6.92 Å². The first kappa shape index (κ1) is 26.9. The second-order valence-corrected chi connectivity index (χ2v) is 9.38. The molecule has 1 N–H and O–H groups in total. The number of nitrogens with zero attached hydrogens (tertiary/aromatic N) is 3. The lowest BCUT2D eigenvalue weighted by Crippen LogP contribution is -2.29. The van der Waals surface area contributed by atoms with Gasteiger partial charge in [-0.25, -0.2) is 0 Å². The third-order valence-corrected chi connectivity index (χ3v) is 6.89. The van der Waals surface area contributed by atoms with Crippen LogP contribution in [-0.4, -0.2) is 46.4 Å². The number of aryl methyl sites for hydroxylation is 1. The minimum absolute atomic E-state index is 0.0845. The lowest BCUT2D eigenvalue weighted by Gasteiger charge is -2.27. The van der Waals surface area contributed by atoms with Gasteiger partial charge in [0.1, 0.15) is 11.5 Å². The van der Waals surface area contributed by atoms with Gasteiger partial charge in [-0.3, -0.25) is 14.6 Å². The van der Waals surface area contributed by atoms with Gasteiger partial charge in [0.25, 0.3) is 11.7 Å². The first-order valence-corrected chi connectivity index (χ1v) is 13.2. The summed E-state index contributed by atoms with van der Waals surface area (Å²) >= 11 is 0. The van der Waals surface area contributed by atoms with Crippen LogP contribution in [0.1, 0.15) is 55.5 Å². The summed E-state index contributed by atoms with van der Waals surface area (Å²) in [5, 5.41) is 11.5. The van der Waals surface area contributed by atoms with Gasteiger partial charge in [-0.2, -0.15) is 0 Å². The van der Waals surface area contributed by atoms with Crippen molar-refractivity contribution in [1.29, 1.82) is 0 Å². The molecular formula is C31H35N3O4. The molecular weight excluding hydrogens is 478 g/mol. The van der Waals surface area contributed by atoms with Gasteiger partial charge in [-0.05, 0) is 86.3 Å². The fourth-order valence-corrected chi connectivity index (χ4v) is 4.86. The maximum absolute atomic E-state index is 13.4. The van der Waals surface area contributed by atoms with E-state index >= 15 is 0 Å². The predicted molar refractivity (Wildman–Crippen MR) is 149 cm³/mol. The van der Waals surface area contributed by atoms with Crippen molar-refractivity contribution in [2.24, 2.45) is 0 Å². The molecule has 4 rings (SSSR count). The molecule has 7 heteroatoms. The molecule has 0 spiro atoms. The number of hydrogen-bond acceptors (Lipinski definition) is 6. The predicted octanol–water partition coefficient (Wildman–Crippen LogP) is 5.65.